The van der Waals surface area contributed by atoms with Crippen molar-refractivity contribution >= 4 is 17.5 Å². The van der Waals surface area contributed by atoms with E-state index in [1.54, 1.807) is 12.1 Å². The molecule has 2 fully saturated rings. The lowest BCUT2D eigenvalue weighted by Gasteiger charge is -2.37. The van der Waals surface area contributed by atoms with Gasteiger partial charge in [0.05, 0.1) is 0 Å². The van der Waals surface area contributed by atoms with Crippen molar-refractivity contribution < 1.29 is 9.18 Å². The minimum atomic E-state index is -0.314. The van der Waals surface area contributed by atoms with Crippen LogP contribution in [0.4, 0.5) is 4.39 Å². The Morgan fingerprint density at radius 3 is 2.38 bits per heavy atom. The summed E-state index contributed by atoms with van der Waals surface area (Å²) >= 11 is 6.52. The summed E-state index contributed by atoms with van der Waals surface area (Å²) in [5.74, 6) is 0.345. The molecule has 2 atom stereocenters. The lowest BCUT2D eigenvalue weighted by molar-refractivity contribution is 0.0588. The Morgan fingerprint density at radius 2 is 1.65 bits per heavy atom. The number of carbonyl (C=O) groups excluding carboxylic acids is 1. The van der Waals surface area contributed by atoms with Gasteiger partial charge in [0.2, 0.25) is 0 Å². The van der Waals surface area contributed by atoms with Crippen molar-refractivity contribution in [3.05, 3.63) is 106 Å². The summed E-state index contributed by atoms with van der Waals surface area (Å²) in [4.78, 5) is 18.5. The number of nitrogens with zero attached hydrogens (tertiary/aromatic N) is 2. The summed E-state index contributed by atoms with van der Waals surface area (Å²) in [5.41, 5.74) is 4.38. The van der Waals surface area contributed by atoms with E-state index in [0.717, 1.165) is 55.9 Å². The maximum atomic E-state index is 13.8. The Bertz CT molecular complexity index is 1210. The molecule has 194 valence electrons. The van der Waals surface area contributed by atoms with Crippen molar-refractivity contribution in [2.75, 3.05) is 19.6 Å². The Morgan fingerprint density at radius 1 is 0.946 bits per heavy atom. The van der Waals surface area contributed by atoms with E-state index in [0.29, 0.717) is 23.9 Å². The zero-order valence-electron chi connectivity index (χ0n) is 21.6. The summed E-state index contributed by atoms with van der Waals surface area (Å²) in [5, 5.41) is 0.800. The first kappa shape index (κ1) is 25.9. The van der Waals surface area contributed by atoms with E-state index in [1.807, 2.05) is 18.2 Å². The van der Waals surface area contributed by atoms with Crippen LogP contribution in [0.1, 0.15) is 65.1 Å². The van der Waals surface area contributed by atoms with Gasteiger partial charge in [0, 0.05) is 48.7 Å². The van der Waals surface area contributed by atoms with Crippen LogP contribution in [0.25, 0.3) is 0 Å². The van der Waals surface area contributed by atoms with E-state index in [1.165, 1.54) is 29.7 Å². The first-order valence-electron chi connectivity index (χ1n) is 13.6. The summed E-state index contributed by atoms with van der Waals surface area (Å²) in [6.07, 6.45) is 5.62. The molecular formula is C32H36ClFN2O. The van der Waals surface area contributed by atoms with Gasteiger partial charge in [-0.1, -0.05) is 73.3 Å². The summed E-state index contributed by atoms with van der Waals surface area (Å²) in [6.45, 7) is 5.53. The molecule has 3 aromatic carbocycles. The van der Waals surface area contributed by atoms with Crippen LogP contribution >= 0.6 is 11.6 Å². The van der Waals surface area contributed by atoms with Gasteiger partial charge < -0.3 is 4.90 Å². The number of carbonyl (C=O) groups is 1. The third-order valence-corrected chi connectivity index (χ3v) is 8.62. The number of hydrogen-bond acceptors (Lipinski definition) is 2. The van der Waals surface area contributed by atoms with E-state index in [9.17, 15) is 9.18 Å². The molecule has 0 unspecified atom stereocenters. The fourth-order valence-electron chi connectivity index (χ4n) is 6.30. The first-order chi connectivity index (χ1) is 18.0. The zero-order chi connectivity index (χ0) is 25.8. The molecule has 1 amide bonds. The SMILES string of the molecule is Cc1ccccc1[C@H]1CN(Cc2ccccc2Cl)C[C@H]1CN(C(=O)c1ccc(F)cc1)C1CCCCC1. The monoisotopic (exact) mass is 518 g/mol. The minimum Gasteiger partial charge on any atom is -0.335 e. The van der Waals surface area contributed by atoms with Crippen molar-refractivity contribution in [2.45, 2.75) is 57.5 Å². The molecule has 0 radical (unpaired) electrons. The highest BCUT2D eigenvalue weighted by molar-refractivity contribution is 6.31. The van der Waals surface area contributed by atoms with Crippen LogP contribution in [-0.4, -0.2) is 41.4 Å². The molecule has 0 bridgehead atoms. The summed E-state index contributed by atoms with van der Waals surface area (Å²) in [7, 11) is 0. The predicted molar refractivity (Wildman–Crippen MR) is 148 cm³/mol. The Balaban J connectivity index is 1.44. The highest BCUT2D eigenvalue weighted by atomic mass is 35.5. The van der Waals surface area contributed by atoms with Gasteiger partial charge in [-0.25, -0.2) is 4.39 Å². The lowest BCUT2D eigenvalue weighted by atomic mass is 9.85. The van der Waals surface area contributed by atoms with Crippen LogP contribution in [0.2, 0.25) is 5.02 Å². The number of likely N-dealkylation sites (tertiary alicyclic amines) is 1. The average molecular weight is 519 g/mol. The number of benzene rings is 3. The smallest absolute Gasteiger partial charge is 0.254 e. The van der Waals surface area contributed by atoms with Crippen molar-refractivity contribution in [3.8, 4) is 0 Å². The molecule has 1 saturated carbocycles. The molecule has 1 heterocycles. The van der Waals surface area contributed by atoms with Crippen LogP contribution in [0, 0.1) is 18.7 Å². The molecule has 1 aliphatic carbocycles. The number of amides is 1. The number of rotatable bonds is 7. The highest BCUT2D eigenvalue weighted by Gasteiger charge is 2.38. The molecule has 3 aromatic rings. The van der Waals surface area contributed by atoms with E-state index >= 15 is 0 Å². The van der Waals surface area contributed by atoms with Gasteiger partial charge in [-0.05, 0) is 72.7 Å². The minimum absolute atomic E-state index is 0.0278. The Kier molecular flexibility index (Phi) is 8.26. The molecule has 0 spiro atoms. The molecule has 5 rings (SSSR count). The maximum absolute atomic E-state index is 13.8. The second-order valence-electron chi connectivity index (χ2n) is 10.8. The molecule has 3 nitrogen and oxygen atoms in total. The van der Waals surface area contributed by atoms with Crippen molar-refractivity contribution in [3.63, 3.8) is 0 Å². The topological polar surface area (TPSA) is 23.6 Å². The maximum Gasteiger partial charge on any atom is 0.254 e. The van der Waals surface area contributed by atoms with E-state index in [2.05, 4.69) is 47.1 Å². The Labute approximate surface area is 225 Å². The van der Waals surface area contributed by atoms with Crippen LogP contribution in [0.5, 0.6) is 0 Å². The van der Waals surface area contributed by atoms with Crippen molar-refractivity contribution in [1.82, 2.24) is 9.80 Å². The van der Waals surface area contributed by atoms with Crippen LogP contribution in [0.3, 0.4) is 0 Å². The van der Waals surface area contributed by atoms with Crippen molar-refractivity contribution in [2.24, 2.45) is 5.92 Å². The second kappa shape index (κ2) is 11.8. The van der Waals surface area contributed by atoms with Gasteiger partial charge in [0.15, 0.2) is 0 Å². The van der Waals surface area contributed by atoms with E-state index in [4.69, 9.17) is 11.6 Å². The normalized spacial score (nSPS) is 20.7. The molecule has 37 heavy (non-hydrogen) atoms. The largest absolute Gasteiger partial charge is 0.335 e. The molecular weight excluding hydrogens is 483 g/mol. The molecule has 1 aliphatic heterocycles. The fourth-order valence-corrected chi connectivity index (χ4v) is 6.49. The quantitative estimate of drug-likeness (QED) is 0.323. The second-order valence-corrected chi connectivity index (χ2v) is 11.2. The molecule has 0 aromatic heterocycles. The van der Waals surface area contributed by atoms with Crippen LogP contribution in [0.15, 0.2) is 72.8 Å². The summed E-state index contributed by atoms with van der Waals surface area (Å²) < 4.78 is 13.6. The lowest BCUT2D eigenvalue weighted by Crippen LogP contribution is -2.45. The van der Waals surface area contributed by atoms with Crippen LogP contribution < -0.4 is 0 Å². The van der Waals surface area contributed by atoms with Gasteiger partial charge >= 0.3 is 0 Å². The third kappa shape index (κ3) is 6.08. The number of halogens is 2. The van der Waals surface area contributed by atoms with E-state index in [-0.39, 0.29) is 17.8 Å². The molecule has 1 saturated heterocycles. The van der Waals surface area contributed by atoms with Gasteiger partial charge in [0.1, 0.15) is 5.82 Å². The van der Waals surface area contributed by atoms with E-state index < -0.39 is 0 Å². The summed E-state index contributed by atoms with van der Waals surface area (Å²) in [6, 6.07) is 23.0. The Hall–Kier alpha value is -2.69. The zero-order valence-corrected chi connectivity index (χ0v) is 22.3. The molecule has 2 aliphatic rings. The first-order valence-corrected chi connectivity index (χ1v) is 13.9. The van der Waals surface area contributed by atoms with Gasteiger partial charge in [-0.3, -0.25) is 9.69 Å². The fraction of sp³-hybridized carbons (Fsp3) is 0.406. The number of aryl methyl sites for hydroxylation is 1. The molecule has 5 heteroatoms. The molecule has 0 N–H and O–H groups in total. The van der Waals surface area contributed by atoms with Gasteiger partial charge in [0.25, 0.3) is 5.91 Å². The highest BCUT2D eigenvalue weighted by Crippen LogP contribution is 2.37. The third-order valence-electron chi connectivity index (χ3n) is 8.26. The average Bonchev–Trinajstić information content (AvgIpc) is 3.31. The van der Waals surface area contributed by atoms with Gasteiger partial charge in [-0.15, -0.1) is 0 Å². The van der Waals surface area contributed by atoms with Gasteiger partial charge in [-0.2, -0.15) is 0 Å². The standard InChI is InChI=1S/C32H36ClFN2O/c1-23-9-5-7-13-29(23)30-22-35(19-25-10-6-8-14-31(25)33)20-26(30)21-36(28-11-3-2-4-12-28)32(37)24-15-17-27(34)18-16-24/h5-10,13-18,26,28,30H,2-4,11-12,19-22H2,1H3/t26-,30-/m0/s1. The predicted octanol–water partition coefficient (Wildman–Crippen LogP) is 7.48. The van der Waals surface area contributed by atoms with Crippen LogP contribution in [-0.2, 0) is 6.54 Å². The van der Waals surface area contributed by atoms with Crippen molar-refractivity contribution in [1.29, 1.82) is 0 Å². The number of hydrogen-bond donors (Lipinski definition) is 0.